The summed E-state index contributed by atoms with van der Waals surface area (Å²) in [7, 11) is 3.87. The number of allylic oxidation sites excluding steroid dienone is 1. The van der Waals surface area contributed by atoms with E-state index in [2.05, 4.69) is 0 Å². The molecular formula is C13H17NOS. The molecule has 0 amide bonds. The zero-order valence-corrected chi connectivity index (χ0v) is 11.0. The molecule has 0 heterocycles. The van der Waals surface area contributed by atoms with Crippen LogP contribution >= 0.6 is 11.8 Å². The smallest absolute Gasteiger partial charge is 0.188 e. The van der Waals surface area contributed by atoms with Crippen LogP contribution in [0.4, 0.5) is 0 Å². The number of benzene rings is 1. The molecule has 1 aromatic rings. The fraction of sp³-hybridized carbons (Fsp3) is 0.308. The minimum absolute atomic E-state index is 0.0538. The number of thioether (sulfide) groups is 1. The van der Waals surface area contributed by atoms with E-state index in [9.17, 15) is 4.79 Å². The number of carbonyl (C=O) groups excluding carboxylic acids is 1. The van der Waals surface area contributed by atoms with Crippen LogP contribution in [0.3, 0.4) is 0 Å². The Hall–Kier alpha value is -1.22. The van der Waals surface area contributed by atoms with Crippen molar-refractivity contribution in [1.29, 1.82) is 0 Å². The lowest BCUT2D eigenvalue weighted by Gasteiger charge is -2.14. The van der Waals surface area contributed by atoms with Gasteiger partial charge in [-0.1, -0.05) is 29.8 Å². The van der Waals surface area contributed by atoms with E-state index in [0.717, 1.165) is 10.6 Å². The highest BCUT2D eigenvalue weighted by molar-refractivity contribution is 8.02. The largest absolute Gasteiger partial charge is 0.372 e. The molecule has 0 spiro atoms. The van der Waals surface area contributed by atoms with Gasteiger partial charge in [0.25, 0.3) is 0 Å². The monoisotopic (exact) mass is 235 g/mol. The first-order valence-electron chi connectivity index (χ1n) is 5.08. The van der Waals surface area contributed by atoms with Crippen molar-refractivity contribution in [2.75, 3.05) is 20.4 Å². The molecule has 0 aliphatic rings. The maximum absolute atomic E-state index is 11.9. The van der Waals surface area contributed by atoms with E-state index >= 15 is 0 Å². The van der Waals surface area contributed by atoms with Crippen LogP contribution in [0, 0.1) is 6.92 Å². The lowest BCUT2D eigenvalue weighted by molar-refractivity contribution is 0.104. The number of rotatable bonds is 4. The van der Waals surface area contributed by atoms with Crippen LogP contribution in [-0.4, -0.2) is 31.0 Å². The summed E-state index contributed by atoms with van der Waals surface area (Å²) >= 11 is 1.57. The quantitative estimate of drug-likeness (QED) is 0.591. The van der Waals surface area contributed by atoms with Gasteiger partial charge in [-0.15, -0.1) is 11.8 Å². The van der Waals surface area contributed by atoms with Crippen LogP contribution < -0.4 is 0 Å². The normalized spacial score (nSPS) is 11.4. The van der Waals surface area contributed by atoms with Crippen molar-refractivity contribution in [3.05, 3.63) is 46.5 Å². The van der Waals surface area contributed by atoms with Gasteiger partial charge in [0.15, 0.2) is 5.78 Å². The second kappa shape index (κ2) is 5.75. The van der Waals surface area contributed by atoms with Crippen molar-refractivity contribution >= 4 is 17.5 Å². The minimum atomic E-state index is 0.0538. The molecule has 0 N–H and O–H groups in total. The number of aryl methyl sites for hydroxylation is 1. The van der Waals surface area contributed by atoms with Crippen molar-refractivity contribution < 1.29 is 4.79 Å². The van der Waals surface area contributed by atoms with E-state index in [-0.39, 0.29) is 5.78 Å². The lowest BCUT2D eigenvalue weighted by atomic mass is 10.1. The molecule has 3 heteroatoms. The molecule has 0 saturated heterocycles. The van der Waals surface area contributed by atoms with Gasteiger partial charge in [0, 0.05) is 25.7 Å². The van der Waals surface area contributed by atoms with E-state index in [0.29, 0.717) is 0 Å². The zero-order chi connectivity index (χ0) is 12.1. The number of carbonyl (C=O) groups is 1. The maximum Gasteiger partial charge on any atom is 0.188 e. The number of nitrogens with zero attached hydrogens (tertiary/aromatic N) is 1. The van der Waals surface area contributed by atoms with Crippen LogP contribution in [0.5, 0.6) is 0 Å². The van der Waals surface area contributed by atoms with Crippen LogP contribution in [0.25, 0.3) is 0 Å². The van der Waals surface area contributed by atoms with Gasteiger partial charge in [0.1, 0.15) is 0 Å². The first kappa shape index (κ1) is 12.8. The zero-order valence-electron chi connectivity index (χ0n) is 10.2. The van der Waals surface area contributed by atoms with Crippen molar-refractivity contribution in [2.45, 2.75) is 6.92 Å². The maximum atomic E-state index is 11.9. The average Bonchev–Trinajstić information content (AvgIpc) is 2.26. The summed E-state index contributed by atoms with van der Waals surface area (Å²) in [6.07, 6.45) is 3.64. The average molecular weight is 235 g/mol. The molecule has 1 rings (SSSR count). The van der Waals surface area contributed by atoms with Crippen molar-refractivity contribution in [3.63, 3.8) is 0 Å². The molecular weight excluding hydrogens is 218 g/mol. The molecule has 0 aliphatic carbocycles. The van der Waals surface area contributed by atoms with Gasteiger partial charge in [-0.05, 0) is 13.2 Å². The fourth-order valence-corrected chi connectivity index (χ4v) is 1.87. The molecule has 0 saturated carbocycles. The molecule has 0 atom stereocenters. The van der Waals surface area contributed by atoms with Gasteiger partial charge < -0.3 is 4.90 Å². The highest BCUT2D eigenvalue weighted by Crippen LogP contribution is 2.15. The van der Waals surface area contributed by atoms with Gasteiger partial charge in [-0.2, -0.15) is 0 Å². The number of hydrogen-bond donors (Lipinski definition) is 0. The Morgan fingerprint density at radius 2 is 1.81 bits per heavy atom. The van der Waals surface area contributed by atoms with Crippen molar-refractivity contribution in [2.24, 2.45) is 0 Å². The van der Waals surface area contributed by atoms with Gasteiger partial charge in [0.05, 0.1) is 5.03 Å². The summed E-state index contributed by atoms with van der Waals surface area (Å²) < 4.78 is 0. The van der Waals surface area contributed by atoms with Crippen LogP contribution in [0.1, 0.15) is 15.9 Å². The molecule has 86 valence electrons. The van der Waals surface area contributed by atoms with Gasteiger partial charge >= 0.3 is 0 Å². The Morgan fingerprint density at radius 3 is 2.25 bits per heavy atom. The topological polar surface area (TPSA) is 20.3 Å². The summed E-state index contributed by atoms with van der Waals surface area (Å²) in [5, 5.41) is 0.963. The molecule has 0 fully saturated rings. The fourth-order valence-electron chi connectivity index (χ4n) is 1.28. The molecule has 2 nitrogen and oxygen atoms in total. The number of ketones is 1. The minimum Gasteiger partial charge on any atom is -0.372 e. The molecule has 1 aromatic carbocycles. The van der Waals surface area contributed by atoms with Crippen LogP contribution in [0.15, 0.2) is 35.4 Å². The predicted octanol–water partition coefficient (Wildman–Crippen LogP) is 2.94. The van der Waals surface area contributed by atoms with Gasteiger partial charge in [-0.25, -0.2) is 0 Å². The summed E-state index contributed by atoms with van der Waals surface area (Å²) in [5.74, 6) is 0.0538. The molecule has 0 unspecified atom stereocenters. The Balaban J connectivity index is 2.90. The second-order valence-corrected chi connectivity index (χ2v) is 4.64. The van der Waals surface area contributed by atoms with Crippen LogP contribution in [-0.2, 0) is 0 Å². The van der Waals surface area contributed by atoms with E-state index in [4.69, 9.17) is 0 Å². The summed E-state index contributed by atoms with van der Waals surface area (Å²) in [5.41, 5.74) is 1.90. The van der Waals surface area contributed by atoms with E-state index in [1.165, 1.54) is 5.56 Å². The summed E-state index contributed by atoms with van der Waals surface area (Å²) in [6, 6.07) is 7.63. The Labute approximate surface area is 101 Å². The third-order valence-electron chi connectivity index (χ3n) is 2.24. The lowest BCUT2D eigenvalue weighted by Crippen LogP contribution is -2.10. The van der Waals surface area contributed by atoms with E-state index < -0.39 is 0 Å². The predicted molar refractivity (Wildman–Crippen MR) is 70.8 cm³/mol. The van der Waals surface area contributed by atoms with Gasteiger partial charge in [-0.3, -0.25) is 4.79 Å². The van der Waals surface area contributed by atoms with E-state index in [1.54, 1.807) is 17.8 Å². The summed E-state index contributed by atoms with van der Waals surface area (Å²) in [4.78, 5) is 13.9. The molecule has 16 heavy (non-hydrogen) atoms. The standard InChI is InChI=1S/C13H17NOS/c1-10-5-7-11(8-6-10)12(15)9-13(16-4)14(2)3/h5-9H,1-4H3/b13-9-. The number of hydrogen-bond acceptors (Lipinski definition) is 3. The first-order chi connectivity index (χ1) is 7.54. The van der Waals surface area contributed by atoms with Crippen molar-refractivity contribution in [1.82, 2.24) is 4.90 Å². The Morgan fingerprint density at radius 1 is 1.25 bits per heavy atom. The molecule has 0 aromatic heterocycles. The highest BCUT2D eigenvalue weighted by Gasteiger charge is 2.05. The van der Waals surface area contributed by atoms with Gasteiger partial charge in [0.2, 0.25) is 0 Å². The van der Waals surface area contributed by atoms with Crippen LogP contribution in [0.2, 0.25) is 0 Å². The van der Waals surface area contributed by atoms with E-state index in [1.807, 2.05) is 56.4 Å². The first-order valence-corrected chi connectivity index (χ1v) is 6.31. The second-order valence-electron chi connectivity index (χ2n) is 3.81. The highest BCUT2D eigenvalue weighted by atomic mass is 32.2. The molecule has 0 bridgehead atoms. The Kier molecular flexibility index (Phi) is 4.62. The third-order valence-corrected chi connectivity index (χ3v) is 3.14. The molecule has 0 aliphatic heterocycles. The summed E-state index contributed by atoms with van der Waals surface area (Å²) in [6.45, 7) is 2.01. The molecule has 0 radical (unpaired) electrons. The SMILES string of the molecule is CS/C(=C\C(=O)c1ccc(C)cc1)N(C)C. The third kappa shape index (κ3) is 3.42. The van der Waals surface area contributed by atoms with Crippen molar-refractivity contribution in [3.8, 4) is 0 Å². The Bertz CT molecular complexity index is 393.